The number of fused-ring (bicyclic) bond motifs is 4. The van der Waals surface area contributed by atoms with Crippen LogP contribution in [0.3, 0.4) is 0 Å². The number of methoxy groups -OCH3 is 4. The second-order valence-corrected chi connectivity index (χ2v) is 11.9. The molecule has 0 unspecified atom stereocenters. The van der Waals surface area contributed by atoms with Gasteiger partial charge in [0.1, 0.15) is 33.9 Å². The van der Waals surface area contributed by atoms with Crippen molar-refractivity contribution in [1.29, 1.82) is 0 Å². The first kappa shape index (κ1) is 30.4. The molecule has 0 aliphatic carbocycles. The van der Waals surface area contributed by atoms with Crippen LogP contribution in [0.15, 0.2) is 80.1 Å². The van der Waals surface area contributed by atoms with Gasteiger partial charge in [0.15, 0.2) is 11.7 Å². The molecule has 16 nitrogen and oxygen atoms in total. The van der Waals surface area contributed by atoms with Crippen molar-refractivity contribution in [2.75, 3.05) is 28.4 Å². The highest BCUT2D eigenvalue weighted by Gasteiger charge is 2.28. The van der Waals surface area contributed by atoms with E-state index in [1.54, 1.807) is 69.3 Å². The van der Waals surface area contributed by atoms with Gasteiger partial charge in [0, 0.05) is 92.9 Å². The van der Waals surface area contributed by atoms with Crippen LogP contribution in [-0.2, 0) is 0 Å². The Morgan fingerprint density at radius 1 is 0.588 bits per heavy atom. The number of aromatic nitrogens is 6. The maximum absolute atomic E-state index is 7.22. The summed E-state index contributed by atoms with van der Waals surface area (Å²) in [5.74, 6) is 3.16. The van der Waals surface area contributed by atoms with E-state index in [1.807, 2.05) is 4.57 Å². The number of amidine groups is 3. The molecule has 10 rings (SSSR count). The topological polar surface area (TPSA) is 197 Å². The Morgan fingerprint density at radius 3 is 1.88 bits per heavy atom. The Bertz CT molecular complexity index is 2750. The van der Waals surface area contributed by atoms with Gasteiger partial charge in [-0.1, -0.05) is 11.6 Å². The molecular formula is C34H25ClN12O4. The lowest BCUT2D eigenvalue weighted by atomic mass is 10.1. The summed E-state index contributed by atoms with van der Waals surface area (Å²) in [5.41, 5.74) is 9.88. The number of aliphatic imine (C=N–C) groups is 3. The molecule has 6 aromatic heterocycles. The Hall–Kier alpha value is -6.68. The standard InChI is InChI=1S/C34H25ClN12O4/c1-48-24-5-14-18(10-37-24)28(36)42-29-15-6-25(49-2)38-11-19(15)31(43-29)44-30-16-7-26(50-3)39-12-20(16)32(45-30)46-33-17-8-27(51-4)40-13-21(17)34-41-22(14)9-23(35)47(33)34/h5-13,23,43H,1-4H3,(H2,36,42)/t23-/m1/s1. The van der Waals surface area contributed by atoms with Gasteiger partial charge in [-0.25, -0.2) is 44.9 Å². The molecule has 0 saturated heterocycles. The zero-order valence-corrected chi connectivity index (χ0v) is 28.1. The first-order valence-corrected chi connectivity index (χ1v) is 15.8. The first-order chi connectivity index (χ1) is 24.9. The molecule has 8 bridgehead atoms. The molecule has 10 heterocycles. The van der Waals surface area contributed by atoms with Crippen molar-refractivity contribution in [3.8, 4) is 23.5 Å². The molecule has 252 valence electrons. The molecular weight excluding hydrogens is 676 g/mol. The summed E-state index contributed by atoms with van der Waals surface area (Å²) in [6.07, 6.45) is 8.36. The van der Waals surface area contributed by atoms with Crippen molar-refractivity contribution in [2.24, 2.45) is 30.7 Å². The summed E-state index contributed by atoms with van der Waals surface area (Å²) in [6, 6.07) is 7.03. The molecule has 0 radical (unpaired) electrons. The second-order valence-electron chi connectivity index (χ2n) is 11.4. The van der Waals surface area contributed by atoms with E-state index >= 15 is 0 Å². The molecule has 51 heavy (non-hydrogen) atoms. The van der Waals surface area contributed by atoms with E-state index in [4.69, 9.17) is 61.2 Å². The van der Waals surface area contributed by atoms with E-state index in [9.17, 15) is 0 Å². The third-order valence-electron chi connectivity index (χ3n) is 8.71. The van der Waals surface area contributed by atoms with Gasteiger partial charge >= 0.3 is 0 Å². The molecule has 6 aromatic rings. The van der Waals surface area contributed by atoms with Gasteiger partial charge in [-0.05, 0) is 6.08 Å². The SMILES string of the molecule is COc1cc2c(cn1)C(N)=Nc1[nH]c(c3cnc(OC)cc13)N=C1N=C(N=c3c4cc(OC)ncc4c4n3[C@@H](Cl)C=C2N=4)c2cnc(OC)cc21. The van der Waals surface area contributed by atoms with Crippen molar-refractivity contribution in [2.45, 2.75) is 5.50 Å². The lowest BCUT2D eigenvalue weighted by Crippen LogP contribution is -2.32. The van der Waals surface area contributed by atoms with Crippen molar-refractivity contribution >= 4 is 68.0 Å². The largest absolute Gasteiger partial charge is 0.481 e. The number of nitrogens with zero attached hydrogens (tertiary/aromatic N) is 10. The average molecular weight is 701 g/mol. The van der Waals surface area contributed by atoms with Gasteiger partial charge < -0.3 is 29.7 Å². The normalized spacial score (nSPS) is 15.8. The molecule has 0 fully saturated rings. The number of hydrogen-bond donors (Lipinski definition) is 2. The van der Waals surface area contributed by atoms with Crippen molar-refractivity contribution < 1.29 is 18.9 Å². The summed E-state index contributed by atoms with van der Waals surface area (Å²) < 4.78 is 23.7. The van der Waals surface area contributed by atoms with Crippen molar-refractivity contribution in [3.05, 3.63) is 88.4 Å². The van der Waals surface area contributed by atoms with Gasteiger partial charge in [-0.2, -0.15) is 0 Å². The van der Waals surface area contributed by atoms with Gasteiger partial charge in [0.25, 0.3) is 0 Å². The number of hydrogen-bond acceptors (Lipinski definition) is 14. The molecule has 3 N–H and O–H groups in total. The van der Waals surface area contributed by atoms with Gasteiger partial charge in [0.05, 0.1) is 34.1 Å². The predicted octanol–water partition coefficient (Wildman–Crippen LogP) is 3.66. The molecule has 17 heteroatoms. The number of ether oxygens (including phenoxy) is 4. The summed E-state index contributed by atoms with van der Waals surface area (Å²) >= 11 is 7.22. The van der Waals surface area contributed by atoms with E-state index in [0.29, 0.717) is 107 Å². The number of nitrogens with one attached hydrogen (secondary N) is 1. The van der Waals surface area contributed by atoms with E-state index in [1.165, 1.54) is 14.2 Å². The predicted molar refractivity (Wildman–Crippen MR) is 189 cm³/mol. The number of rotatable bonds is 4. The van der Waals surface area contributed by atoms with Gasteiger partial charge in [-0.3, -0.25) is 4.57 Å². The zero-order valence-electron chi connectivity index (χ0n) is 27.3. The number of halogens is 1. The number of pyridine rings is 4. The third-order valence-corrected chi connectivity index (χ3v) is 9.03. The highest BCUT2D eigenvalue weighted by molar-refractivity contribution is 6.24. The Morgan fingerprint density at radius 2 is 1.16 bits per heavy atom. The summed E-state index contributed by atoms with van der Waals surface area (Å²) in [6.45, 7) is 0. The monoisotopic (exact) mass is 700 g/mol. The van der Waals surface area contributed by atoms with Crippen LogP contribution in [-0.4, -0.2) is 75.4 Å². The minimum absolute atomic E-state index is 0.139. The lowest BCUT2D eigenvalue weighted by molar-refractivity contribution is 0.397. The van der Waals surface area contributed by atoms with Crippen LogP contribution in [0.1, 0.15) is 27.8 Å². The molecule has 0 aromatic carbocycles. The van der Waals surface area contributed by atoms with Crippen molar-refractivity contribution in [1.82, 2.24) is 29.5 Å². The number of allylic oxidation sites excluding steroid dienone is 1. The summed E-state index contributed by atoms with van der Waals surface area (Å²) in [7, 11) is 6.15. The summed E-state index contributed by atoms with van der Waals surface area (Å²) in [5, 5.41) is 2.68. The molecule has 4 aliphatic heterocycles. The second kappa shape index (κ2) is 11.4. The van der Waals surface area contributed by atoms with E-state index in [0.717, 1.165) is 0 Å². The Kier molecular flexibility index (Phi) is 6.82. The molecule has 1 atom stereocenters. The smallest absolute Gasteiger partial charge is 0.213 e. The van der Waals surface area contributed by atoms with Crippen LogP contribution in [0.5, 0.6) is 23.5 Å². The van der Waals surface area contributed by atoms with Gasteiger partial charge in [-0.15, -0.1) is 0 Å². The zero-order chi connectivity index (χ0) is 35.0. The Labute approximate surface area is 292 Å². The Balaban J connectivity index is 1.43. The van der Waals surface area contributed by atoms with Gasteiger partial charge in [0.2, 0.25) is 23.5 Å². The van der Waals surface area contributed by atoms with Crippen LogP contribution in [0.25, 0.3) is 27.2 Å². The molecule has 4 aliphatic rings. The van der Waals surface area contributed by atoms with Crippen LogP contribution in [0, 0.1) is 0 Å². The minimum Gasteiger partial charge on any atom is -0.481 e. The average Bonchev–Trinajstić information content (AvgIpc) is 3.79. The van der Waals surface area contributed by atoms with E-state index in [-0.39, 0.29) is 5.84 Å². The first-order valence-electron chi connectivity index (χ1n) is 15.4. The molecule has 0 saturated carbocycles. The summed E-state index contributed by atoms with van der Waals surface area (Å²) in [4.78, 5) is 46.1. The lowest BCUT2D eigenvalue weighted by Gasteiger charge is -2.17. The van der Waals surface area contributed by atoms with E-state index < -0.39 is 5.50 Å². The maximum atomic E-state index is 7.22. The van der Waals surface area contributed by atoms with Crippen LogP contribution in [0.2, 0.25) is 0 Å². The number of nitrogens with two attached hydrogens (primary N) is 1. The third kappa shape index (κ3) is 4.71. The van der Waals surface area contributed by atoms with Crippen LogP contribution < -0.4 is 35.7 Å². The number of aromatic amines is 1. The molecule has 0 spiro atoms. The van der Waals surface area contributed by atoms with E-state index in [2.05, 4.69) is 24.9 Å². The highest BCUT2D eigenvalue weighted by Crippen LogP contribution is 2.38. The molecule has 0 amide bonds. The fourth-order valence-electron chi connectivity index (χ4n) is 6.25. The number of H-pyrrole nitrogens is 1. The maximum Gasteiger partial charge on any atom is 0.213 e. The van der Waals surface area contributed by atoms with Crippen molar-refractivity contribution in [3.63, 3.8) is 0 Å². The van der Waals surface area contributed by atoms with Crippen LogP contribution in [0.4, 0.5) is 11.6 Å². The highest BCUT2D eigenvalue weighted by atomic mass is 35.5. The fraction of sp³-hybridized carbons (Fsp3) is 0.147. The quantitative estimate of drug-likeness (QED) is 0.258. The minimum atomic E-state index is -0.761. The fourth-order valence-corrected chi connectivity index (χ4v) is 6.55. The number of alkyl halides is 1. The van der Waals surface area contributed by atoms with Crippen LogP contribution >= 0.6 is 11.6 Å².